The van der Waals surface area contributed by atoms with E-state index < -0.39 is 0 Å². The first kappa shape index (κ1) is 21.8. The molecule has 3 aliphatic rings. The predicted molar refractivity (Wildman–Crippen MR) is 118 cm³/mol. The maximum Gasteiger partial charge on any atom is 0.0784 e. The Balaban J connectivity index is 1.66. The summed E-state index contributed by atoms with van der Waals surface area (Å²) >= 11 is 0. The van der Waals surface area contributed by atoms with Crippen LogP contribution in [0.3, 0.4) is 0 Å². The number of hydrogen-bond acceptors (Lipinski definition) is 2. The second-order valence-corrected chi connectivity index (χ2v) is 10.3. The lowest BCUT2D eigenvalue weighted by molar-refractivity contribution is 0.0907. The first-order valence-corrected chi connectivity index (χ1v) is 11.7. The van der Waals surface area contributed by atoms with Gasteiger partial charge in [-0.2, -0.15) is 0 Å². The van der Waals surface area contributed by atoms with Crippen LogP contribution < -0.4 is 0 Å². The van der Waals surface area contributed by atoms with E-state index in [1.54, 1.807) is 5.57 Å². The molecule has 28 heavy (non-hydrogen) atoms. The monoisotopic (exact) mass is 386 g/mol. The van der Waals surface area contributed by atoms with Gasteiger partial charge in [0, 0.05) is 0 Å². The third-order valence-electron chi connectivity index (χ3n) is 8.23. The van der Waals surface area contributed by atoms with Gasteiger partial charge in [-0.25, -0.2) is 0 Å². The van der Waals surface area contributed by atoms with Gasteiger partial charge in [0.15, 0.2) is 0 Å². The van der Waals surface area contributed by atoms with Gasteiger partial charge in [0.1, 0.15) is 0 Å². The van der Waals surface area contributed by atoms with Crippen LogP contribution in [-0.2, 0) is 0 Å². The number of aliphatic hydroxyl groups excluding tert-OH is 2. The van der Waals surface area contributed by atoms with Gasteiger partial charge in [0.2, 0.25) is 0 Å². The lowest BCUT2D eigenvalue weighted by Gasteiger charge is -2.44. The van der Waals surface area contributed by atoms with Crippen LogP contribution in [0.5, 0.6) is 0 Å². The van der Waals surface area contributed by atoms with Crippen molar-refractivity contribution in [1.29, 1.82) is 0 Å². The molecule has 2 N–H and O–H groups in total. The van der Waals surface area contributed by atoms with Gasteiger partial charge >= 0.3 is 0 Å². The van der Waals surface area contributed by atoms with Crippen LogP contribution in [0.1, 0.15) is 91.4 Å². The molecular weight excluding hydrogens is 344 g/mol. The Bertz CT molecular complexity index is 614. The molecule has 3 rings (SSSR count). The minimum absolute atomic E-state index is 0.160. The molecule has 0 bridgehead atoms. The van der Waals surface area contributed by atoms with E-state index in [4.69, 9.17) is 0 Å². The van der Waals surface area contributed by atoms with E-state index in [2.05, 4.69) is 32.6 Å². The molecule has 0 aromatic carbocycles. The summed E-state index contributed by atoms with van der Waals surface area (Å²) in [5.41, 5.74) is 4.51. The molecule has 0 spiro atoms. The highest BCUT2D eigenvalue weighted by atomic mass is 16.3. The fourth-order valence-electron chi connectivity index (χ4n) is 6.51. The predicted octanol–water partition coefficient (Wildman–Crippen LogP) is 6.34. The standard InChI is InChI=1S/C26H42O2/c1-18(7-5-8-20(3)27)23-14-15-24-22(9-6-16-26(23,24)4)13-12-21-11-10-19(2)25(28)17-21/h12-13,18,20,23-25,27-28H,2,5-11,14-17H2,1,3-4H3/b21-12-,22-13+/t18?,20?,23-,24?,25?,26?/m1/s1. The first-order chi connectivity index (χ1) is 13.3. The highest BCUT2D eigenvalue weighted by Gasteiger charge is 2.50. The molecule has 6 atom stereocenters. The summed E-state index contributed by atoms with van der Waals surface area (Å²) in [4.78, 5) is 0. The quantitative estimate of drug-likeness (QED) is 0.523. The number of hydrogen-bond donors (Lipinski definition) is 2. The SMILES string of the molecule is C=C1CC/C(=C/C=C2\CCCC3(C)C2CC[C@@H]3C(C)CCCC(C)O)CC1O. The van der Waals surface area contributed by atoms with Crippen molar-refractivity contribution in [3.8, 4) is 0 Å². The summed E-state index contributed by atoms with van der Waals surface area (Å²) in [7, 11) is 0. The summed E-state index contributed by atoms with van der Waals surface area (Å²) in [6.45, 7) is 10.9. The summed E-state index contributed by atoms with van der Waals surface area (Å²) in [5, 5.41) is 19.7. The Morgan fingerprint density at radius 3 is 2.64 bits per heavy atom. The molecule has 0 heterocycles. The van der Waals surface area contributed by atoms with Gasteiger partial charge in [-0.1, -0.05) is 56.6 Å². The zero-order valence-corrected chi connectivity index (χ0v) is 18.4. The zero-order valence-electron chi connectivity index (χ0n) is 18.4. The summed E-state index contributed by atoms with van der Waals surface area (Å²) in [5.74, 6) is 2.32. The molecule has 2 nitrogen and oxygen atoms in total. The highest BCUT2D eigenvalue weighted by molar-refractivity contribution is 5.28. The van der Waals surface area contributed by atoms with Crippen molar-refractivity contribution in [2.75, 3.05) is 0 Å². The second kappa shape index (κ2) is 9.30. The zero-order chi connectivity index (χ0) is 20.3. The van der Waals surface area contributed by atoms with Gasteiger partial charge < -0.3 is 10.2 Å². The van der Waals surface area contributed by atoms with Crippen LogP contribution in [0.4, 0.5) is 0 Å². The maximum atomic E-state index is 10.1. The van der Waals surface area contributed by atoms with Crippen molar-refractivity contribution in [2.24, 2.45) is 23.2 Å². The molecule has 0 aromatic rings. The fraction of sp³-hybridized carbons (Fsp3) is 0.769. The van der Waals surface area contributed by atoms with Crippen molar-refractivity contribution >= 4 is 0 Å². The number of aliphatic hydroxyl groups is 2. The number of fused-ring (bicyclic) bond motifs is 1. The highest BCUT2D eigenvalue weighted by Crippen LogP contribution is 2.59. The van der Waals surface area contributed by atoms with E-state index in [1.807, 2.05) is 6.92 Å². The van der Waals surface area contributed by atoms with Crippen LogP contribution in [0.15, 0.2) is 35.5 Å². The van der Waals surface area contributed by atoms with Crippen LogP contribution >= 0.6 is 0 Å². The van der Waals surface area contributed by atoms with Gasteiger partial charge in [0.25, 0.3) is 0 Å². The number of allylic oxidation sites excluding steroid dienone is 3. The van der Waals surface area contributed by atoms with Crippen LogP contribution in [0.2, 0.25) is 0 Å². The van der Waals surface area contributed by atoms with Crippen LogP contribution in [0.25, 0.3) is 0 Å². The molecule has 3 aliphatic carbocycles. The normalized spacial score (nSPS) is 38.6. The van der Waals surface area contributed by atoms with Crippen molar-refractivity contribution < 1.29 is 10.2 Å². The maximum absolute atomic E-state index is 10.1. The molecular formula is C26H42O2. The molecule has 158 valence electrons. The van der Waals surface area contributed by atoms with E-state index in [9.17, 15) is 10.2 Å². The Kier molecular flexibility index (Phi) is 7.26. The third kappa shape index (κ3) is 4.82. The summed E-state index contributed by atoms with van der Waals surface area (Å²) in [6.07, 6.45) is 17.0. The molecule has 0 aromatic heterocycles. The summed E-state index contributed by atoms with van der Waals surface area (Å²) in [6, 6.07) is 0. The van der Waals surface area contributed by atoms with Crippen molar-refractivity contribution in [1.82, 2.24) is 0 Å². The topological polar surface area (TPSA) is 40.5 Å². The lowest BCUT2D eigenvalue weighted by atomic mass is 9.60. The smallest absolute Gasteiger partial charge is 0.0784 e. The van der Waals surface area contributed by atoms with E-state index >= 15 is 0 Å². The average Bonchev–Trinajstić information content (AvgIpc) is 3.00. The minimum Gasteiger partial charge on any atom is -0.393 e. The number of rotatable bonds is 6. The van der Waals surface area contributed by atoms with Gasteiger partial charge in [-0.15, -0.1) is 0 Å². The Morgan fingerprint density at radius 2 is 1.93 bits per heavy atom. The average molecular weight is 387 g/mol. The van der Waals surface area contributed by atoms with Crippen LogP contribution in [-0.4, -0.2) is 22.4 Å². The Labute approximate surface area is 172 Å². The molecule has 0 radical (unpaired) electrons. The molecule has 5 unspecified atom stereocenters. The largest absolute Gasteiger partial charge is 0.393 e. The van der Waals surface area contributed by atoms with Gasteiger partial charge in [-0.05, 0) is 93.5 Å². The van der Waals surface area contributed by atoms with Crippen molar-refractivity contribution in [3.05, 3.63) is 35.5 Å². The van der Waals surface area contributed by atoms with Crippen LogP contribution in [0, 0.1) is 23.2 Å². The Morgan fingerprint density at radius 1 is 1.14 bits per heavy atom. The molecule has 0 amide bonds. The molecule has 0 aliphatic heterocycles. The van der Waals surface area contributed by atoms with Gasteiger partial charge in [-0.3, -0.25) is 0 Å². The molecule has 2 heteroatoms. The van der Waals surface area contributed by atoms with Crippen molar-refractivity contribution in [2.45, 2.75) is 104 Å². The van der Waals surface area contributed by atoms with E-state index in [0.717, 1.165) is 55.4 Å². The molecule has 3 saturated carbocycles. The first-order valence-electron chi connectivity index (χ1n) is 11.7. The van der Waals surface area contributed by atoms with E-state index in [1.165, 1.54) is 44.1 Å². The van der Waals surface area contributed by atoms with Crippen molar-refractivity contribution in [3.63, 3.8) is 0 Å². The molecule has 0 saturated heterocycles. The van der Waals surface area contributed by atoms with E-state index in [-0.39, 0.29) is 12.2 Å². The Hall–Kier alpha value is -0.860. The fourth-order valence-corrected chi connectivity index (χ4v) is 6.51. The third-order valence-corrected chi connectivity index (χ3v) is 8.23. The lowest BCUT2D eigenvalue weighted by Crippen LogP contribution is -2.36. The second-order valence-electron chi connectivity index (χ2n) is 10.3. The van der Waals surface area contributed by atoms with E-state index in [0.29, 0.717) is 5.41 Å². The van der Waals surface area contributed by atoms with Gasteiger partial charge in [0.05, 0.1) is 12.2 Å². The molecule has 3 fully saturated rings. The minimum atomic E-state index is -0.339. The summed E-state index contributed by atoms with van der Waals surface area (Å²) < 4.78 is 0.